The fourth-order valence-electron chi connectivity index (χ4n) is 8.35. The zero-order valence-corrected chi connectivity index (χ0v) is 39.4. The van der Waals surface area contributed by atoms with Crippen molar-refractivity contribution in [1.82, 2.24) is 57.0 Å². The zero-order valence-electron chi connectivity index (χ0n) is 39.4. The van der Waals surface area contributed by atoms with E-state index in [1.54, 1.807) is 43.5 Å². The van der Waals surface area contributed by atoms with Gasteiger partial charge < -0.3 is 62.2 Å². The number of nitrogens with zero attached hydrogens (tertiary/aromatic N) is 3. The lowest BCUT2D eigenvalue weighted by atomic mass is 9.98. The first-order valence-corrected chi connectivity index (χ1v) is 23.2. The summed E-state index contributed by atoms with van der Waals surface area (Å²) in [6.07, 6.45) is 7.06. The number of aliphatic hydroxyl groups is 1. The Labute approximate surface area is 396 Å². The quantitative estimate of drug-likeness (QED) is 0.0562. The second-order valence-corrected chi connectivity index (χ2v) is 17.8. The van der Waals surface area contributed by atoms with E-state index in [4.69, 9.17) is 0 Å². The van der Waals surface area contributed by atoms with Crippen molar-refractivity contribution in [2.24, 2.45) is 5.92 Å². The van der Waals surface area contributed by atoms with Crippen molar-refractivity contribution in [3.8, 4) is 5.75 Å². The van der Waals surface area contributed by atoms with Crippen molar-refractivity contribution in [1.29, 1.82) is 0 Å². The van der Waals surface area contributed by atoms with Gasteiger partial charge in [-0.2, -0.15) is 0 Å². The standard InChI is InChI=1S/C48H67N11O9/c1-29(2)19-37(44(64)56-40-20-30(3)59(48(40)68)26-42(62)58-17-9-10-18-58)53-45(65)38(21-31-13-15-35(61)16-14-31)54-47(67)41(27-60)57-46(66)39(22-33(24-49-4)32-11-7-6-8-12-32)55-43(63)36(50-5)23-34-25-51-28-52-34/h6-8,11-16,24-25,28-30,36-41,49-50,60-61H,9-10,17-23,26-27H2,1-5H3,(H,51,52)(H,53,65)(H,54,67)(H,55,63)(H,56,64)(H,57,66)/b33-24-/t30?,36-,37+,38?,39?,40?,41?/m0/s1. The number of H-pyrrole nitrogens is 1. The number of hydrogen-bond acceptors (Lipinski definition) is 12. The maximum atomic E-state index is 14.3. The van der Waals surface area contributed by atoms with Crippen molar-refractivity contribution in [3.63, 3.8) is 0 Å². The second kappa shape index (κ2) is 25.4. The van der Waals surface area contributed by atoms with Crippen LogP contribution in [0.3, 0.4) is 0 Å². The molecular weight excluding hydrogens is 875 g/mol. The molecule has 2 fully saturated rings. The van der Waals surface area contributed by atoms with Crippen LogP contribution in [-0.2, 0) is 46.4 Å². The molecule has 1 aromatic heterocycles. The highest BCUT2D eigenvalue weighted by Gasteiger charge is 2.41. The minimum absolute atomic E-state index is 0.0331. The van der Waals surface area contributed by atoms with Crippen LogP contribution in [0.5, 0.6) is 5.75 Å². The third kappa shape index (κ3) is 14.9. The summed E-state index contributed by atoms with van der Waals surface area (Å²) in [6.45, 7) is 5.84. The molecule has 20 nitrogen and oxygen atoms in total. The van der Waals surface area contributed by atoms with E-state index >= 15 is 0 Å². The van der Waals surface area contributed by atoms with Crippen LogP contribution < -0.4 is 37.2 Å². The van der Waals surface area contributed by atoms with Crippen molar-refractivity contribution < 1.29 is 43.8 Å². The number of amides is 7. The van der Waals surface area contributed by atoms with Crippen LogP contribution in [0, 0.1) is 5.92 Å². The van der Waals surface area contributed by atoms with E-state index in [9.17, 15) is 43.8 Å². The van der Waals surface area contributed by atoms with E-state index in [1.165, 1.54) is 23.4 Å². The van der Waals surface area contributed by atoms with Crippen LogP contribution in [0.1, 0.15) is 69.7 Å². The fourth-order valence-corrected chi connectivity index (χ4v) is 8.35. The summed E-state index contributed by atoms with van der Waals surface area (Å²) in [5, 5.41) is 40.0. The molecule has 0 aliphatic carbocycles. The van der Waals surface area contributed by atoms with Gasteiger partial charge in [-0.1, -0.05) is 56.3 Å². The molecule has 10 N–H and O–H groups in total. The molecule has 68 heavy (non-hydrogen) atoms. The minimum Gasteiger partial charge on any atom is -0.508 e. The number of phenolic OH excluding ortho intramolecular Hbond substituents is 1. The zero-order chi connectivity index (χ0) is 49.3. The Morgan fingerprint density at radius 2 is 1.43 bits per heavy atom. The van der Waals surface area contributed by atoms with E-state index in [-0.39, 0.29) is 62.3 Å². The Hall–Kier alpha value is -6.80. The third-order valence-corrected chi connectivity index (χ3v) is 12.1. The number of aromatic amines is 1. The van der Waals surface area contributed by atoms with Gasteiger partial charge in [0.2, 0.25) is 41.4 Å². The van der Waals surface area contributed by atoms with E-state index in [0.29, 0.717) is 29.9 Å². The third-order valence-electron chi connectivity index (χ3n) is 12.1. The fraction of sp³-hybridized carbons (Fsp3) is 0.500. The Balaban J connectivity index is 1.33. The van der Waals surface area contributed by atoms with Crippen LogP contribution in [0.2, 0.25) is 0 Å². The molecule has 0 saturated carbocycles. The lowest BCUT2D eigenvalue weighted by Gasteiger charge is -2.27. The van der Waals surface area contributed by atoms with E-state index < -0.39 is 78.3 Å². The number of aromatic nitrogens is 2. The highest BCUT2D eigenvalue weighted by molar-refractivity contribution is 5.98. The molecule has 3 aromatic rings. The number of aromatic hydroxyl groups is 1. The van der Waals surface area contributed by atoms with E-state index in [0.717, 1.165) is 18.4 Å². The lowest BCUT2D eigenvalue weighted by molar-refractivity contribution is -0.140. The van der Waals surface area contributed by atoms with Crippen LogP contribution in [0.25, 0.3) is 5.57 Å². The van der Waals surface area contributed by atoms with Crippen LogP contribution >= 0.6 is 0 Å². The van der Waals surface area contributed by atoms with Gasteiger partial charge in [0.05, 0.1) is 19.0 Å². The van der Waals surface area contributed by atoms with Crippen molar-refractivity contribution in [2.75, 3.05) is 40.3 Å². The molecule has 20 heteroatoms. The summed E-state index contributed by atoms with van der Waals surface area (Å²) in [6, 6.07) is 7.68. The first-order chi connectivity index (χ1) is 32.6. The number of hydrogen-bond donors (Lipinski definition) is 10. The first-order valence-electron chi connectivity index (χ1n) is 23.2. The van der Waals surface area contributed by atoms with Crippen molar-refractivity contribution in [3.05, 3.63) is 90.1 Å². The second-order valence-electron chi connectivity index (χ2n) is 17.8. The number of nitrogens with one attached hydrogen (secondary N) is 8. The number of likely N-dealkylation sites (tertiary alicyclic amines) is 2. The molecule has 5 unspecified atom stereocenters. The summed E-state index contributed by atoms with van der Waals surface area (Å²) in [5.74, 6) is -4.34. The number of carbonyl (C=O) groups is 7. The van der Waals surface area contributed by atoms with Gasteiger partial charge in [0, 0.05) is 63.5 Å². The Morgan fingerprint density at radius 3 is 2.04 bits per heavy atom. The number of benzene rings is 2. The molecule has 0 spiro atoms. The van der Waals surface area contributed by atoms with E-state index in [1.807, 2.05) is 51.1 Å². The number of carbonyl (C=O) groups excluding carboxylic acids is 7. The predicted octanol–water partition coefficient (Wildman–Crippen LogP) is -0.155. The molecule has 2 aliphatic rings. The summed E-state index contributed by atoms with van der Waals surface area (Å²) in [4.78, 5) is 107. The SMILES string of the molecule is CN/C=C(/CC(NC(=O)[C@H](Cc1cnc[nH]1)NC)C(=O)NC(CO)C(=O)NC(Cc1ccc(O)cc1)C(=O)N[C@H](CC(C)C)C(=O)NC1CC(C)N(CC(=O)N2CCCC2)C1=O)c1ccccc1. The summed E-state index contributed by atoms with van der Waals surface area (Å²) in [5.41, 5.74) is 2.60. The van der Waals surface area contributed by atoms with Gasteiger partial charge in [-0.25, -0.2) is 4.98 Å². The predicted molar refractivity (Wildman–Crippen MR) is 253 cm³/mol. The molecule has 0 bridgehead atoms. The maximum Gasteiger partial charge on any atom is 0.245 e. The van der Waals surface area contributed by atoms with Gasteiger partial charge in [-0.3, -0.25) is 33.6 Å². The average Bonchev–Trinajstić information content (AvgIpc) is 4.11. The van der Waals surface area contributed by atoms with Crippen LogP contribution in [-0.4, -0.2) is 154 Å². The van der Waals surface area contributed by atoms with Crippen LogP contribution in [0.15, 0.2) is 73.3 Å². The van der Waals surface area contributed by atoms with Gasteiger partial charge in [-0.05, 0) is 74.4 Å². The Bertz CT molecular complexity index is 2200. The number of imidazole rings is 1. The Morgan fingerprint density at radius 1 is 0.809 bits per heavy atom. The van der Waals surface area contributed by atoms with Crippen LogP contribution in [0.4, 0.5) is 0 Å². The highest BCUT2D eigenvalue weighted by Crippen LogP contribution is 2.22. The molecule has 0 radical (unpaired) electrons. The van der Waals surface area contributed by atoms with Crippen molar-refractivity contribution >= 4 is 46.9 Å². The molecular formula is C48H67N11O9. The largest absolute Gasteiger partial charge is 0.508 e. The number of aliphatic hydroxyl groups excluding tert-OH is 1. The molecule has 5 rings (SSSR count). The van der Waals surface area contributed by atoms with E-state index in [2.05, 4.69) is 47.2 Å². The summed E-state index contributed by atoms with van der Waals surface area (Å²) < 4.78 is 0. The molecule has 2 saturated heterocycles. The molecule has 2 aliphatic heterocycles. The molecule has 7 atom stereocenters. The molecule has 3 heterocycles. The first kappa shape index (κ1) is 52.2. The van der Waals surface area contributed by atoms with Gasteiger partial charge >= 0.3 is 0 Å². The smallest absolute Gasteiger partial charge is 0.245 e. The molecule has 368 valence electrons. The number of phenols is 1. The highest BCUT2D eigenvalue weighted by atomic mass is 16.3. The average molecular weight is 942 g/mol. The monoisotopic (exact) mass is 942 g/mol. The van der Waals surface area contributed by atoms with Crippen molar-refractivity contribution in [2.45, 2.75) is 108 Å². The topological polar surface area (TPSA) is 279 Å². The summed E-state index contributed by atoms with van der Waals surface area (Å²) in [7, 11) is 3.30. The van der Waals surface area contributed by atoms with Gasteiger partial charge in [0.1, 0.15) is 42.5 Å². The maximum absolute atomic E-state index is 14.3. The van der Waals surface area contributed by atoms with Gasteiger partial charge in [0.25, 0.3) is 0 Å². The normalized spacial score (nSPS) is 18.3. The summed E-state index contributed by atoms with van der Waals surface area (Å²) >= 11 is 0. The molecule has 2 aromatic carbocycles. The molecule has 7 amide bonds. The van der Waals surface area contributed by atoms with Gasteiger partial charge in [0.15, 0.2) is 0 Å². The Kier molecular flexibility index (Phi) is 19.5. The number of likely N-dealkylation sites (N-methyl/N-ethyl adjacent to an activating group) is 1. The minimum atomic E-state index is -1.61. The lowest BCUT2D eigenvalue weighted by Crippen LogP contribution is -2.60. The number of rotatable bonds is 24. The van der Waals surface area contributed by atoms with Gasteiger partial charge in [-0.15, -0.1) is 0 Å².